The predicted octanol–water partition coefficient (Wildman–Crippen LogP) is 3.23. The molecule has 4 rings (SSSR count). The number of rotatable bonds is 3. The number of anilines is 1. The van der Waals surface area contributed by atoms with Crippen LogP contribution in [0.1, 0.15) is 39.3 Å². The van der Waals surface area contributed by atoms with E-state index in [9.17, 15) is 8.42 Å². The highest BCUT2D eigenvalue weighted by molar-refractivity contribution is 7.92. The third kappa shape index (κ3) is 3.62. The molecule has 29 heavy (non-hydrogen) atoms. The van der Waals surface area contributed by atoms with Gasteiger partial charge in [0.25, 0.3) is 10.0 Å². The summed E-state index contributed by atoms with van der Waals surface area (Å²) < 4.78 is 38.8. The Bertz CT molecular complexity index is 1270. The van der Waals surface area contributed by atoms with Gasteiger partial charge in [-0.1, -0.05) is 17.1 Å². The molecule has 0 radical (unpaired) electrons. The Morgan fingerprint density at radius 2 is 1.90 bits per heavy atom. The summed E-state index contributed by atoms with van der Waals surface area (Å²) in [5.74, 6) is 6.66. The Kier molecular flexibility index (Phi) is 4.86. The quantitative estimate of drug-likeness (QED) is 0.668. The fraction of sp³-hybridized carbons (Fsp3) is 0.238. The Balaban J connectivity index is 1.70. The number of fused-ring (bicyclic) bond motifs is 1. The van der Waals surface area contributed by atoms with Crippen LogP contribution in [0.2, 0.25) is 0 Å². The average molecular weight is 409 g/mol. The minimum Gasteiger partial charge on any atom is -0.372 e. The van der Waals surface area contributed by atoms with Crippen molar-refractivity contribution in [1.29, 1.82) is 0 Å². The Hall–Kier alpha value is -3.15. The van der Waals surface area contributed by atoms with E-state index in [1.165, 1.54) is 12.3 Å². The first kappa shape index (κ1) is 19.2. The number of sulfonamides is 1. The largest absolute Gasteiger partial charge is 0.372 e. The van der Waals surface area contributed by atoms with Crippen molar-refractivity contribution in [3.63, 3.8) is 0 Å². The topological polar surface area (TPSA) is 94.3 Å². The van der Waals surface area contributed by atoms with Crippen LogP contribution in [0.25, 0.3) is 0 Å². The number of benzene rings is 1. The van der Waals surface area contributed by atoms with Crippen molar-refractivity contribution in [3.05, 3.63) is 69.7 Å². The molecular formula is C21H19N3O4S. The van der Waals surface area contributed by atoms with Crippen LogP contribution in [0.3, 0.4) is 0 Å². The SMILES string of the molecule is Cc1onc(NS(=O)(=O)c2cccnc2C#Cc2ccc3c(c2C)COC3)c1C. The van der Waals surface area contributed by atoms with Gasteiger partial charge in [0, 0.05) is 17.3 Å². The van der Waals surface area contributed by atoms with Gasteiger partial charge in [-0.2, -0.15) is 0 Å². The second-order valence-corrected chi connectivity index (χ2v) is 8.44. The third-order valence-corrected chi connectivity index (χ3v) is 6.33. The summed E-state index contributed by atoms with van der Waals surface area (Å²) >= 11 is 0. The highest BCUT2D eigenvalue weighted by Gasteiger charge is 2.22. The normalized spacial score (nSPS) is 12.9. The van der Waals surface area contributed by atoms with Gasteiger partial charge in [0.1, 0.15) is 16.3 Å². The van der Waals surface area contributed by atoms with Crippen LogP contribution in [0.4, 0.5) is 5.82 Å². The number of ether oxygens (including phenoxy) is 1. The molecule has 0 bridgehead atoms. The molecule has 0 saturated carbocycles. The van der Waals surface area contributed by atoms with Crippen LogP contribution in [0.15, 0.2) is 39.9 Å². The van der Waals surface area contributed by atoms with Gasteiger partial charge in [-0.15, -0.1) is 0 Å². The van der Waals surface area contributed by atoms with Crippen molar-refractivity contribution in [1.82, 2.24) is 10.1 Å². The molecule has 3 heterocycles. The molecule has 0 fully saturated rings. The molecule has 1 aliphatic rings. The lowest BCUT2D eigenvalue weighted by atomic mass is 9.99. The van der Waals surface area contributed by atoms with Gasteiger partial charge in [-0.05, 0) is 61.6 Å². The van der Waals surface area contributed by atoms with E-state index in [0.717, 1.165) is 22.3 Å². The number of nitrogens with one attached hydrogen (secondary N) is 1. The number of hydrogen-bond acceptors (Lipinski definition) is 6. The average Bonchev–Trinajstić information content (AvgIpc) is 3.30. The zero-order valence-electron chi connectivity index (χ0n) is 16.2. The predicted molar refractivity (Wildman–Crippen MR) is 107 cm³/mol. The summed E-state index contributed by atoms with van der Waals surface area (Å²) in [7, 11) is -3.93. The maximum atomic E-state index is 12.9. The van der Waals surface area contributed by atoms with Gasteiger partial charge >= 0.3 is 0 Å². The standard InChI is InChI=1S/C21H19N3O4S/c1-13-15(3)28-23-21(13)24-29(25,26)20-5-4-10-22-19(20)9-8-16-6-7-17-11-27-12-18(17)14(16)2/h4-7,10H,11-12H2,1-3H3,(H,23,24). The number of aromatic nitrogens is 2. The first-order valence-electron chi connectivity index (χ1n) is 8.98. The lowest BCUT2D eigenvalue weighted by molar-refractivity contribution is 0.134. The number of aryl methyl sites for hydroxylation is 1. The molecule has 1 aromatic carbocycles. The zero-order chi connectivity index (χ0) is 20.6. The summed E-state index contributed by atoms with van der Waals surface area (Å²) in [5.41, 5.74) is 4.95. The highest BCUT2D eigenvalue weighted by Crippen LogP contribution is 2.26. The molecule has 0 unspecified atom stereocenters. The first-order valence-corrected chi connectivity index (χ1v) is 10.5. The molecule has 8 heteroatoms. The molecule has 7 nitrogen and oxygen atoms in total. The fourth-order valence-corrected chi connectivity index (χ4v) is 4.24. The van der Waals surface area contributed by atoms with Gasteiger partial charge in [0.15, 0.2) is 5.82 Å². The van der Waals surface area contributed by atoms with Crippen molar-refractivity contribution in [2.24, 2.45) is 0 Å². The van der Waals surface area contributed by atoms with Crippen LogP contribution in [-0.4, -0.2) is 18.6 Å². The summed E-state index contributed by atoms with van der Waals surface area (Å²) in [6, 6.07) is 6.93. The number of pyridine rings is 1. The molecule has 1 aliphatic heterocycles. The van der Waals surface area contributed by atoms with E-state index in [0.29, 0.717) is 24.5 Å². The maximum Gasteiger partial charge on any atom is 0.265 e. The van der Waals surface area contributed by atoms with E-state index in [4.69, 9.17) is 9.26 Å². The fourth-order valence-electron chi connectivity index (χ4n) is 3.07. The molecule has 0 amide bonds. The molecule has 0 saturated heterocycles. The monoisotopic (exact) mass is 409 g/mol. The van der Waals surface area contributed by atoms with Gasteiger partial charge < -0.3 is 9.26 Å². The molecule has 0 spiro atoms. The molecular weight excluding hydrogens is 390 g/mol. The minimum atomic E-state index is -3.93. The Labute approximate surface area is 169 Å². The summed E-state index contributed by atoms with van der Waals surface area (Å²) in [5, 5.41) is 3.76. The van der Waals surface area contributed by atoms with Crippen molar-refractivity contribution < 1.29 is 17.7 Å². The van der Waals surface area contributed by atoms with Crippen LogP contribution in [-0.2, 0) is 28.0 Å². The van der Waals surface area contributed by atoms with E-state index < -0.39 is 10.0 Å². The van der Waals surface area contributed by atoms with Crippen molar-refractivity contribution >= 4 is 15.8 Å². The van der Waals surface area contributed by atoms with Gasteiger partial charge in [-0.3, -0.25) is 4.72 Å². The van der Waals surface area contributed by atoms with Crippen molar-refractivity contribution in [2.45, 2.75) is 38.9 Å². The summed E-state index contributed by atoms with van der Waals surface area (Å²) in [6.45, 7) is 6.61. The van der Waals surface area contributed by atoms with Crippen molar-refractivity contribution in [2.75, 3.05) is 4.72 Å². The second-order valence-electron chi connectivity index (χ2n) is 6.79. The maximum absolute atomic E-state index is 12.9. The van der Waals surface area contributed by atoms with E-state index in [2.05, 4.69) is 26.7 Å². The molecule has 0 atom stereocenters. The van der Waals surface area contributed by atoms with E-state index in [1.54, 1.807) is 19.9 Å². The van der Waals surface area contributed by atoms with E-state index >= 15 is 0 Å². The number of hydrogen-bond donors (Lipinski definition) is 1. The molecule has 0 aliphatic carbocycles. The first-order chi connectivity index (χ1) is 13.9. The van der Waals surface area contributed by atoms with Gasteiger partial charge in [0.2, 0.25) is 0 Å². The highest BCUT2D eigenvalue weighted by atomic mass is 32.2. The van der Waals surface area contributed by atoms with Crippen molar-refractivity contribution in [3.8, 4) is 11.8 Å². The summed E-state index contributed by atoms with van der Waals surface area (Å²) in [4.78, 5) is 4.15. The van der Waals surface area contributed by atoms with E-state index in [1.807, 2.05) is 19.1 Å². The minimum absolute atomic E-state index is 0.0188. The van der Waals surface area contributed by atoms with Crippen LogP contribution >= 0.6 is 0 Å². The third-order valence-electron chi connectivity index (χ3n) is 4.96. The lowest BCUT2D eigenvalue weighted by Crippen LogP contribution is -2.16. The Morgan fingerprint density at radius 3 is 2.66 bits per heavy atom. The molecule has 148 valence electrons. The van der Waals surface area contributed by atoms with Crippen LogP contribution < -0.4 is 4.72 Å². The lowest BCUT2D eigenvalue weighted by Gasteiger charge is -2.07. The van der Waals surface area contributed by atoms with Gasteiger partial charge in [0.05, 0.1) is 13.2 Å². The Morgan fingerprint density at radius 1 is 1.07 bits per heavy atom. The summed E-state index contributed by atoms with van der Waals surface area (Å²) in [6.07, 6.45) is 1.51. The number of nitrogens with zero attached hydrogens (tertiary/aromatic N) is 2. The molecule has 3 aromatic rings. The zero-order valence-corrected chi connectivity index (χ0v) is 17.1. The van der Waals surface area contributed by atoms with E-state index in [-0.39, 0.29) is 16.4 Å². The van der Waals surface area contributed by atoms with Crippen LogP contribution in [0, 0.1) is 32.6 Å². The van der Waals surface area contributed by atoms with Gasteiger partial charge in [-0.25, -0.2) is 13.4 Å². The van der Waals surface area contributed by atoms with Crippen LogP contribution in [0.5, 0.6) is 0 Å². The smallest absolute Gasteiger partial charge is 0.265 e. The second kappa shape index (κ2) is 7.35. The molecule has 1 N–H and O–H groups in total. The molecule has 2 aromatic heterocycles.